The predicted octanol–water partition coefficient (Wildman–Crippen LogP) is 7.04. The van der Waals surface area contributed by atoms with Crippen molar-refractivity contribution < 1.29 is 9.47 Å². The number of rotatable bonds is 12. The summed E-state index contributed by atoms with van der Waals surface area (Å²) in [6.07, 6.45) is 8.85. The van der Waals surface area contributed by atoms with Gasteiger partial charge in [0.05, 0.1) is 13.2 Å². The maximum atomic E-state index is 6.32. The van der Waals surface area contributed by atoms with Crippen molar-refractivity contribution in [3.8, 4) is 11.5 Å². The summed E-state index contributed by atoms with van der Waals surface area (Å²) < 4.78 is 12.6. The van der Waals surface area contributed by atoms with E-state index in [0.29, 0.717) is 0 Å². The van der Waals surface area contributed by atoms with Crippen LogP contribution in [-0.2, 0) is 0 Å². The topological polar surface area (TPSA) is 18.5 Å². The van der Waals surface area contributed by atoms with E-state index in [0.717, 1.165) is 59.1 Å². The van der Waals surface area contributed by atoms with Crippen molar-refractivity contribution in [2.24, 2.45) is 0 Å². The smallest absolute Gasteiger partial charge is 0.135 e. The zero-order valence-electron chi connectivity index (χ0n) is 16.9. The van der Waals surface area contributed by atoms with E-state index >= 15 is 0 Å². The Bertz CT molecular complexity index is 750. The first kappa shape index (κ1) is 21.2. The SMILES string of the molecule is CSCCCCOc1c2ccccc2c(OCCCCSC)c2ccccc12. The largest absolute Gasteiger partial charge is 0.492 e. The first-order valence-corrected chi connectivity index (χ1v) is 12.8. The molecule has 3 rings (SSSR count). The molecule has 0 radical (unpaired) electrons. The van der Waals surface area contributed by atoms with Crippen LogP contribution in [0.3, 0.4) is 0 Å². The predicted molar refractivity (Wildman–Crippen MR) is 128 cm³/mol. The molecule has 0 unspecified atom stereocenters. The summed E-state index contributed by atoms with van der Waals surface area (Å²) in [5, 5.41) is 4.57. The maximum Gasteiger partial charge on any atom is 0.135 e. The van der Waals surface area contributed by atoms with Gasteiger partial charge in [-0.25, -0.2) is 0 Å². The van der Waals surface area contributed by atoms with Crippen LogP contribution in [0.15, 0.2) is 48.5 Å². The molecule has 0 fully saturated rings. The number of ether oxygens (including phenoxy) is 2. The lowest BCUT2D eigenvalue weighted by atomic mass is 10.0. The van der Waals surface area contributed by atoms with E-state index in [1.807, 2.05) is 23.5 Å². The maximum absolute atomic E-state index is 6.32. The quantitative estimate of drug-likeness (QED) is 0.234. The average Bonchev–Trinajstić information content (AvgIpc) is 2.74. The van der Waals surface area contributed by atoms with Crippen LogP contribution in [0.2, 0.25) is 0 Å². The van der Waals surface area contributed by atoms with Gasteiger partial charge in [-0.15, -0.1) is 0 Å². The zero-order valence-corrected chi connectivity index (χ0v) is 18.5. The molecule has 0 saturated heterocycles. The fourth-order valence-electron chi connectivity index (χ4n) is 3.40. The Morgan fingerprint density at radius 1 is 0.571 bits per heavy atom. The Morgan fingerprint density at radius 2 is 0.929 bits per heavy atom. The standard InChI is InChI=1S/C24H30O2S2/c1-27-17-9-7-15-25-23-19-11-3-5-13-21(19)24(26-16-8-10-18-28-2)22-14-6-4-12-20(22)23/h3-6,11-14H,7-10,15-18H2,1-2H3. The molecule has 0 heterocycles. The molecule has 0 aliphatic rings. The van der Waals surface area contributed by atoms with Crippen LogP contribution in [0.5, 0.6) is 11.5 Å². The van der Waals surface area contributed by atoms with Gasteiger partial charge in [-0.3, -0.25) is 0 Å². The molecule has 3 aromatic rings. The van der Waals surface area contributed by atoms with Crippen LogP contribution in [0.4, 0.5) is 0 Å². The first-order chi connectivity index (χ1) is 13.9. The zero-order chi connectivity index (χ0) is 19.6. The Balaban J connectivity index is 1.91. The molecule has 0 amide bonds. The molecule has 3 aromatic carbocycles. The highest BCUT2D eigenvalue weighted by atomic mass is 32.2. The molecule has 0 aliphatic carbocycles. The summed E-state index contributed by atoms with van der Waals surface area (Å²) in [4.78, 5) is 0. The molecule has 4 heteroatoms. The summed E-state index contributed by atoms with van der Waals surface area (Å²) in [6.45, 7) is 1.51. The fraction of sp³-hybridized carbons (Fsp3) is 0.417. The lowest BCUT2D eigenvalue weighted by molar-refractivity contribution is 0.312. The minimum atomic E-state index is 0.753. The van der Waals surface area contributed by atoms with Gasteiger partial charge in [0.15, 0.2) is 0 Å². The highest BCUT2D eigenvalue weighted by Crippen LogP contribution is 2.42. The van der Waals surface area contributed by atoms with Crippen LogP contribution in [0, 0.1) is 0 Å². The summed E-state index contributed by atoms with van der Waals surface area (Å²) in [7, 11) is 0. The first-order valence-electron chi connectivity index (χ1n) is 10.0. The molecule has 0 aliphatic heterocycles. The molecule has 150 valence electrons. The third kappa shape index (κ3) is 5.30. The second-order valence-electron chi connectivity index (χ2n) is 6.85. The van der Waals surface area contributed by atoms with Gasteiger partial charge >= 0.3 is 0 Å². The van der Waals surface area contributed by atoms with Crippen LogP contribution < -0.4 is 9.47 Å². The van der Waals surface area contributed by atoms with Crippen LogP contribution in [-0.4, -0.2) is 37.2 Å². The molecule has 28 heavy (non-hydrogen) atoms. The van der Waals surface area contributed by atoms with Gasteiger partial charge in [-0.2, -0.15) is 23.5 Å². The number of fused-ring (bicyclic) bond motifs is 2. The molecule has 0 bridgehead atoms. The third-order valence-electron chi connectivity index (χ3n) is 4.81. The Hall–Kier alpha value is -1.52. The van der Waals surface area contributed by atoms with E-state index in [4.69, 9.17) is 9.47 Å². The number of thioether (sulfide) groups is 2. The van der Waals surface area contributed by atoms with Gasteiger partial charge < -0.3 is 9.47 Å². The monoisotopic (exact) mass is 414 g/mol. The van der Waals surface area contributed by atoms with E-state index in [2.05, 4.69) is 61.0 Å². The lowest BCUT2D eigenvalue weighted by Crippen LogP contribution is -2.02. The molecular formula is C24H30O2S2. The van der Waals surface area contributed by atoms with Gasteiger partial charge in [-0.05, 0) is 49.7 Å². The van der Waals surface area contributed by atoms with E-state index in [1.165, 1.54) is 24.3 Å². The van der Waals surface area contributed by atoms with E-state index < -0.39 is 0 Å². The van der Waals surface area contributed by atoms with Crippen molar-refractivity contribution in [1.82, 2.24) is 0 Å². The van der Waals surface area contributed by atoms with Crippen LogP contribution in [0.1, 0.15) is 25.7 Å². The lowest BCUT2D eigenvalue weighted by Gasteiger charge is -2.18. The summed E-state index contributed by atoms with van der Waals surface area (Å²) in [6, 6.07) is 16.9. The highest BCUT2D eigenvalue weighted by molar-refractivity contribution is 7.98. The van der Waals surface area contributed by atoms with Gasteiger partial charge in [-0.1, -0.05) is 48.5 Å². The summed E-state index contributed by atoms with van der Waals surface area (Å²) in [5.41, 5.74) is 0. The minimum absolute atomic E-state index is 0.753. The molecule has 0 N–H and O–H groups in total. The Kier molecular flexibility index (Phi) is 8.69. The number of hydrogen-bond acceptors (Lipinski definition) is 4. The van der Waals surface area contributed by atoms with Crippen molar-refractivity contribution in [3.63, 3.8) is 0 Å². The molecule has 0 aromatic heterocycles. The third-order valence-corrected chi connectivity index (χ3v) is 6.20. The molecule has 0 spiro atoms. The molecule has 0 saturated carbocycles. The van der Waals surface area contributed by atoms with Gasteiger partial charge in [0.1, 0.15) is 11.5 Å². The summed E-state index contributed by atoms with van der Waals surface area (Å²) >= 11 is 3.79. The molecular weight excluding hydrogens is 384 g/mol. The van der Waals surface area contributed by atoms with Crippen molar-refractivity contribution in [3.05, 3.63) is 48.5 Å². The van der Waals surface area contributed by atoms with Gasteiger partial charge in [0, 0.05) is 21.5 Å². The van der Waals surface area contributed by atoms with Crippen molar-refractivity contribution in [2.75, 3.05) is 37.2 Å². The highest BCUT2D eigenvalue weighted by Gasteiger charge is 2.15. The minimum Gasteiger partial charge on any atom is -0.492 e. The van der Waals surface area contributed by atoms with Crippen LogP contribution >= 0.6 is 23.5 Å². The summed E-state index contributed by atoms with van der Waals surface area (Å²) in [5.74, 6) is 4.36. The van der Waals surface area contributed by atoms with Crippen molar-refractivity contribution in [1.29, 1.82) is 0 Å². The Morgan fingerprint density at radius 3 is 1.25 bits per heavy atom. The average molecular weight is 415 g/mol. The normalized spacial score (nSPS) is 11.2. The van der Waals surface area contributed by atoms with Crippen LogP contribution in [0.25, 0.3) is 21.5 Å². The molecule has 0 atom stereocenters. The fourth-order valence-corrected chi connectivity index (χ4v) is 4.39. The Labute approximate surface area is 177 Å². The molecule has 2 nitrogen and oxygen atoms in total. The number of unbranched alkanes of at least 4 members (excludes halogenated alkanes) is 2. The second-order valence-corrected chi connectivity index (χ2v) is 8.82. The van der Waals surface area contributed by atoms with Crippen molar-refractivity contribution >= 4 is 45.1 Å². The van der Waals surface area contributed by atoms with E-state index in [-0.39, 0.29) is 0 Å². The van der Waals surface area contributed by atoms with Gasteiger partial charge in [0.25, 0.3) is 0 Å². The van der Waals surface area contributed by atoms with E-state index in [9.17, 15) is 0 Å². The van der Waals surface area contributed by atoms with Gasteiger partial charge in [0.2, 0.25) is 0 Å². The number of benzene rings is 3. The second kappa shape index (κ2) is 11.5. The number of hydrogen-bond donors (Lipinski definition) is 0. The van der Waals surface area contributed by atoms with E-state index in [1.54, 1.807) is 0 Å². The van der Waals surface area contributed by atoms with Crippen molar-refractivity contribution in [2.45, 2.75) is 25.7 Å².